The summed E-state index contributed by atoms with van der Waals surface area (Å²) in [7, 11) is 0. The fourth-order valence-corrected chi connectivity index (χ4v) is 4.82. The number of amides is 1. The maximum Gasteiger partial charge on any atom is 0.343 e. The summed E-state index contributed by atoms with van der Waals surface area (Å²) in [5, 5.41) is 0.201. The summed E-state index contributed by atoms with van der Waals surface area (Å²) < 4.78 is 19.3. The zero-order valence-corrected chi connectivity index (χ0v) is 14.6. The van der Waals surface area contributed by atoms with E-state index in [0.717, 1.165) is 10.6 Å². The van der Waals surface area contributed by atoms with E-state index in [0.29, 0.717) is 6.42 Å². The van der Waals surface area contributed by atoms with Crippen LogP contribution in [-0.4, -0.2) is 16.7 Å². The molecule has 7 heteroatoms. The number of hydrogen-bond donors (Lipinski definition) is 0. The molecule has 0 spiro atoms. The third-order valence-electron chi connectivity index (χ3n) is 4.40. The van der Waals surface area contributed by atoms with Crippen molar-refractivity contribution < 1.29 is 18.7 Å². The van der Waals surface area contributed by atoms with Crippen molar-refractivity contribution in [1.29, 1.82) is 0 Å². The number of fused-ring (bicyclic) bond motifs is 3. The Morgan fingerprint density at radius 1 is 1.28 bits per heavy atom. The number of hydrogen-bond acceptors (Lipinski definition) is 4. The molecule has 128 valence electrons. The van der Waals surface area contributed by atoms with Crippen molar-refractivity contribution in [2.24, 2.45) is 0 Å². The molecule has 4 nitrogen and oxygen atoms in total. The SMILES string of the molecule is O=C1CC[C@]2(C(=O)OCc3c(F)cccc3Cl)Sc3ccccc3N12. The molecule has 0 aliphatic carbocycles. The second kappa shape index (κ2) is 6.04. The summed E-state index contributed by atoms with van der Waals surface area (Å²) in [6.45, 7) is -0.273. The average Bonchev–Trinajstić information content (AvgIpc) is 3.10. The number of thioether (sulfide) groups is 1. The molecule has 0 saturated carbocycles. The lowest BCUT2D eigenvalue weighted by Gasteiger charge is -2.28. The van der Waals surface area contributed by atoms with Gasteiger partial charge in [-0.25, -0.2) is 9.18 Å². The predicted octanol–water partition coefficient (Wildman–Crippen LogP) is 4.15. The number of ether oxygens (including phenoxy) is 1. The van der Waals surface area contributed by atoms with Gasteiger partial charge in [0.25, 0.3) is 0 Å². The molecule has 2 aromatic carbocycles. The number of carbonyl (C=O) groups is 2. The topological polar surface area (TPSA) is 46.6 Å². The third-order valence-corrected chi connectivity index (χ3v) is 6.21. The van der Waals surface area contributed by atoms with Crippen LogP contribution in [0.2, 0.25) is 5.02 Å². The summed E-state index contributed by atoms with van der Waals surface area (Å²) in [5.74, 6) is -1.20. The molecule has 1 saturated heterocycles. The Morgan fingerprint density at radius 3 is 2.88 bits per heavy atom. The first kappa shape index (κ1) is 16.4. The molecular formula is C18H13ClFNO3S. The second-order valence-corrected chi connectivity index (χ2v) is 7.59. The zero-order valence-electron chi connectivity index (χ0n) is 13.0. The summed E-state index contributed by atoms with van der Waals surface area (Å²) in [6.07, 6.45) is 0.631. The van der Waals surface area contributed by atoms with Crippen LogP contribution in [-0.2, 0) is 20.9 Å². The van der Waals surface area contributed by atoms with Gasteiger partial charge in [0, 0.05) is 23.3 Å². The number of halogens is 2. The van der Waals surface area contributed by atoms with Crippen LogP contribution in [0.25, 0.3) is 0 Å². The van der Waals surface area contributed by atoms with Gasteiger partial charge >= 0.3 is 5.97 Å². The van der Waals surface area contributed by atoms with E-state index in [9.17, 15) is 14.0 Å². The van der Waals surface area contributed by atoms with Gasteiger partial charge in [0.15, 0.2) is 4.87 Å². The lowest BCUT2D eigenvalue weighted by Crippen LogP contribution is -2.47. The molecule has 2 aliphatic rings. The number of carbonyl (C=O) groups excluding carboxylic acids is 2. The monoisotopic (exact) mass is 377 g/mol. The van der Waals surface area contributed by atoms with Gasteiger partial charge < -0.3 is 4.74 Å². The number of nitrogens with zero attached hydrogens (tertiary/aromatic N) is 1. The van der Waals surface area contributed by atoms with Crippen LogP contribution in [0, 0.1) is 5.82 Å². The Morgan fingerprint density at radius 2 is 2.08 bits per heavy atom. The van der Waals surface area contributed by atoms with Crippen LogP contribution in [0.4, 0.5) is 10.1 Å². The summed E-state index contributed by atoms with van der Waals surface area (Å²) in [4.78, 5) is 26.4. The zero-order chi connectivity index (χ0) is 17.6. The lowest BCUT2D eigenvalue weighted by molar-refractivity contribution is -0.148. The third kappa shape index (κ3) is 2.51. The Balaban J connectivity index is 1.61. The first-order valence-electron chi connectivity index (χ1n) is 7.74. The van der Waals surface area contributed by atoms with Gasteiger partial charge in [-0.05, 0) is 24.3 Å². The standard InChI is InChI=1S/C18H13ClFNO3S/c19-12-4-3-5-13(20)11(12)10-24-17(23)18-9-8-16(22)21(18)14-6-1-2-7-15(14)25-18/h1-7H,8-10H2/t18-/m1/s1. The molecule has 25 heavy (non-hydrogen) atoms. The molecular weight excluding hydrogens is 365 g/mol. The van der Waals surface area contributed by atoms with E-state index in [-0.39, 0.29) is 29.5 Å². The highest BCUT2D eigenvalue weighted by Gasteiger charge is 2.58. The van der Waals surface area contributed by atoms with Crippen molar-refractivity contribution >= 4 is 40.9 Å². The number of anilines is 1. The van der Waals surface area contributed by atoms with Crippen LogP contribution in [0.5, 0.6) is 0 Å². The molecule has 0 bridgehead atoms. The van der Waals surface area contributed by atoms with Gasteiger partial charge in [-0.1, -0.05) is 41.6 Å². The second-order valence-electron chi connectivity index (χ2n) is 5.86. The first-order chi connectivity index (χ1) is 12.0. The van der Waals surface area contributed by atoms with Crippen molar-refractivity contribution in [1.82, 2.24) is 0 Å². The number of para-hydroxylation sites is 1. The number of esters is 1. The smallest absolute Gasteiger partial charge is 0.343 e. The molecule has 0 radical (unpaired) electrons. The van der Waals surface area contributed by atoms with E-state index < -0.39 is 16.7 Å². The van der Waals surface area contributed by atoms with Gasteiger partial charge in [0.05, 0.1) is 10.7 Å². The van der Waals surface area contributed by atoms with E-state index >= 15 is 0 Å². The number of benzene rings is 2. The van der Waals surface area contributed by atoms with E-state index in [1.54, 1.807) is 0 Å². The van der Waals surface area contributed by atoms with Crippen molar-refractivity contribution in [3.63, 3.8) is 0 Å². The highest BCUT2D eigenvalue weighted by atomic mass is 35.5. The van der Waals surface area contributed by atoms with E-state index in [1.165, 1.54) is 34.9 Å². The van der Waals surface area contributed by atoms with Gasteiger partial charge in [-0.2, -0.15) is 0 Å². The minimum Gasteiger partial charge on any atom is -0.458 e. The Bertz CT molecular complexity index is 870. The Kier molecular flexibility index (Phi) is 3.96. The molecule has 0 aromatic heterocycles. The van der Waals surface area contributed by atoms with Crippen LogP contribution in [0.15, 0.2) is 47.4 Å². The molecule has 0 unspecified atom stereocenters. The minimum absolute atomic E-state index is 0.113. The van der Waals surface area contributed by atoms with Gasteiger partial charge in [-0.3, -0.25) is 9.69 Å². The van der Waals surface area contributed by atoms with Gasteiger partial charge in [0.1, 0.15) is 12.4 Å². The average molecular weight is 378 g/mol. The fraction of sp³-hybridized carbons (Fsp3) is 0.222. The molecule has 1 atom stereocenters. The fourth-order valence-electron chi connectivity index (χ4n) is 3.19. The van der Waals surface area contributed by atoms with Crippen LogP contribution < -0.4 is 4.90 Å². The van der Waals surface area contributed by atoms with E-state index in [2.05, 4.69) is 0 Å². The van der Waals surface area contributed by atoms with E-state index in [1.807, 2.05) is 24.3 Å². The highest BCUT2D eigenvalue weighted by Crippen LogP contribution is 2.56. The van der Waals surface area contributed by atoms with Crippen molar-refractivity contribution in [3.05, 3.63) is 58.9 Å². The van der Waals surface area contributed by atoms with Crippen molar-refractivity contribution in [2.45, 2.75) is 29.2 Å². The maximum absolute atomic E-state index is 13.9. The van der Waals surface area contributed by atoms with Crippen LogP contribution >= 0.6 is 23.4 Å². The van der Waals surface area contributed by atoms with Gasteiger partial charge in [0.2, 0.25) is 5.91 Å². The summed E-state index contributed by atoms with van der Waals surface area (Å²) in [5.41, 5.74) is 0.848. The Labute approximate surface area is 152 Å². The molecule has 2 aromatic rings. The Hall–Kier alpha value is -2.05. The summed E-state index contributed by atoms with van der Waals surface area (Å²) >= 11 is 7.29. The van der Waals surface area contributed by atoms with Crippen molar-refractivity contribution in [2.75, 3.05) is 4.90 Å². The molecule has 1 amide bonds. The highest BCUT2D eigenvalue weighted by molar-refractivity contribution is 8.02. The minimum atomic E-state index is -1.11. The van der Waals surface area contributed by atoms with Crippen LogP contribution in [0.1, 0.15) is 18.4 Å². The molecule has 1 fully saturated rings. The summed E-state index contributed by atoms with van der Waals surface area (Å²) in [6, 6.07) is 11.7. The maximum atomic E-state index is 13.9. The first-order valence-corrected chi connectivity index (χ1v) is 8.93. The quantitative estimate of drug-likeness (QED) is 0.754. The molecule has 2 aliphatic heterocycles. The predicted molar refractivity (Wildman–Crippen MR) is 93.0 cm³/mol. The van der Waals surface area contributed by atoms with Crippen LogP contribution in [0.3, 0.4) is 0 Å². The molecule has 2 heterocycles. The van der Waals surface area contributed by atoms with Gasteiger partial charge in [-0.15, -0.1) is 0 Å². The lowest BCUT2D eigenvalue weighted by atomic mass is 10.2. The molecule has 0 N–H and O–H groups in total. The van der Waals surface area contributed by atoms with E-state index in [4.69, 9.17) is 16.3 Å². The number of rotatable bonds is 3. The normalized spacial score (nSPS) is 21.2. The van der Waals surface area contributed by atoms with Crippen molar-refractivity contribution in [3.8, 4) is 0 Å². The largest absolute Gasteiger partial charge is 0.458 e. The molecule has 4 rings (SSSR count).